The van der Waals surface area contributed by atoms with Gasteiger partial charge in [0.25, 0.3) is 0 Å². The molecule has 0 amide bonds. The fraction of sp³-hybridized carbons (Fsp3) is 0.583. The normalized spacial score (nSPS) is 29.6. The van der Waals surface area contributed by atoms with Crippen LogP contribution in [0.5, 0.6) is 0 Å². The number of nitrogens with two attached hydrogens (primary N) is 1. The predicted octanol–water partition coefficient (Wildman–Crippen LogP) is 2.87. The molecule has 0 saturated heterocycles. The molecule has 2 nitrogen and oxygen atoms in total. The maximum absolute atomic E-state index is 12.9. The zero-order chi connectivity index (χ0) is 12.7. The predicted molar refractivity (Wildman–Crippen MR) is 58.4 cm³/mol. The number of hydrogen-bond acceptors (Lipinski definition) is 2. The van der Waals surface area contributed by atoms with Gasteiger partial charge < -0.3 is 5.73 Å². The van der Waals surface area contributed by atoms with E-state index in [-0.39, 0.29) is 11.6 Å². The summed E-state index contributed by atoms with van der Waals surface area (Å²) < 4.78 is 38.7. The van der Waals surface area contributed by atoms with Gasteiger partial charge in [0, 0.05) is 18.4 Å². The van der Waals surface area contributed by atoms with E-state index in [4.69, 9.17) is 5.73 Å². The minimum Gasteiger partial charge on any atom is -0.328 e. The number of nitrogens with zero attached hydrogens (tertiary/aromatic N) is 1. The smallest absolute Gasteiger partial charge is 0.328 e. The number of aromatic nitrogens is 1. The highest BCUT2D eigenvalue weighted by atomic mass is 19.4. The van der Waals surface area contributed by atoms with E-state index in [1.165, 1.54) is 12.4 Å². The van der Waals surface area contributed by atoms with Crippen molar-refractivity contribution < 1.29 is 13.2 Å². The van der Waals surface area contributed by atoms with Crippen molar-refractivity contribution in [2.45, 2.75) is 43.8 Å². The largest absolute Gasteiger partial charge is 0.416 e. The molecule has 2 N–H and O–H groups in total. The summed E-state index contributed by atoms with van der Waals surface area (Å²) in [7, 11) is 0. The molecule has 1 aromatic heterocycles. The van der Waals surface area contributed by atoms with Crippen LogP contribution >= 0.6 is 0 Å². The van der Waals surface area contributed by atoms with Crippen LogP contribution in [0.4, 0.5) is 13.2 Å². The van der Waals surface area contributed by atoms with Crippen LogP contribution in [0.15, 0.2) is 18.5 Å². The number of hydrogen-bond donors (Lipinski definition) is 1. The Balaban J connectivity index is 2.46. The monoisotopic (exact) mass is 244 g/mol. The van der Waals surface area contributed by atoms with Gasteiger partial charge in [-0.1, -0.05) is 6.92 Å². The van der Waals surface area contributed by atoms with Crippen LogP contribution in [0.1, 0.15) is 37.3 Å². The van der Waals surface area contributed by atoms with E-state index in [0.717, 1.165) is 12.5 Å². The van der Waals surface area contributed by atoms with Crippen molar-refractivity contribution in [2.24, 2.45) is 5.73 Å². The van der Waals surface area contributed by atoms with Gasteiger partial charge in [-0.2, -0.15) is 13.2 Å². The molecular weight excluding hydrogens is 229 g/mol. The lowest BCUT2D eigenvalue weighted by molar-refractivity contribution is -0.138. The molecule has 0 spiro atoms. The highest BCUT2D eigenvalue weighted by Gasteiger charge is 2.42. The Labute approximate surface area is 98.0 Å². The summed E-state index contributed by atoms with van der Waals surface area (Å²) in [5.41, 5.74) is 5.00. The average Bonchev–Trinajstić information content (AvgIpc) is 2.59. The summed E-state index contributed by atoms with van der Waals surface area (Å²) in [6, 6.07) is 1.03. The van der Waals surface area contributed by atoms with Crippen LogP contribution in [-0.4, -0.2) is 11.0 Å². The number of halogens is 3. The highest BCUT2D eigenvalue weighted by molar-refractivity contribution is 5.34. The zero-order valence-electron chi connectivity index (χ0n) is 9.59. The van der Waals surface area contributed by atoms with E-state index in [1.54, 1.807) is 0 Å². The van der Waals surface area contributed by atoms with E-state index in [0.29, 0.717) is 12.8 Å². The van der Waals surface area contributed by atoms with E-state index in [2.05, 4.69) is 4.98 Å². The van der Waals surface area contributed by atoms with Gasteiger partial charge in [0.15, 0.2) is 0 Å². The summed E-state index contributed by atoms with van der Waals surface area (Å²) >= 11 is 0. The average molecular weight is 244 g/mol. The number of pyridine rings is 1. The molecule has 2 atom stereocenters. The number of alkyl halides is 3. The molecule has 5 heteroatoms. The van der Waals surface area contributed by atoms with Crippen LogP contribution in [0.2, 0.25) is 0 Å². The third-order valence-electron chi connectivity index (χ3n) is 3.56. The van der Waals surface area contributed by atoms with Crippen molar-refractivity contribution in [1.82, 2.24) is 4.98 Å². The third kappa shape index (κ3) is 2.29. The van der Waals surface area contributed by atoms with Gasteiger partial charge >= 0.3 is 6.18 Å². The second kappa shape index (κ2) is 3.98. The summed E-state index contributed by atoms with van der Waals surface area (Å²) in [6.07, 6.45) is 0.229. The molecule has 2 unspecified atom stereocenters. The molecule has 0 radical (unpaired) electrons. The standard InChI is InChI=1S/C12H15F3N2/c1-11(4-2-8(16)6-11)10-7-17-5-3-9(10)12(13,14)15/h3,5,7-8H,2,4,6,16H2,1H3. The molecule has 0 bridgehead atoms. The first-order valence-corrected chi connectivity index (χ1v) is 5.60. The van der Waals surface area contributed by atoms with Gasteiger partial charge in [0.2, 0.25) is 0 Å². The maximum Gasteiger partial charge on any atom is 0.416 e. The third-order valence-corrected chi connectivity index (χ3v) is 3.56. The lowest BCUT2D eigenvalue weighted by Crippen LogP contribution is -2.26. The quantitative estimate of drug-likeness (QED) is 0.825. The van der Waals surface area contributed by atoms with Crippen LogP contribution in [0, 0.1) is 0 Å². The SMILES string of the molecule is CC1(c2cnccc2C(F)(F)F)CCC(N)C1. The Kier molecular flexibility index (Phi) is 2.89. The fourth-order valence-corrected chi connectivity index (χ4v) is 2.65. The van der Waals surface area contributed by atoms with E-state index >= 15 is 0 Å². The van der Waals surface area contributed by atoms with Gasteiger partial charge in [-0.3, -0.25) is 4.98 Å². The molecule has 1 saturated carbocycles. The van der Waals surface area contributed by atoms with Gasteiger partial charge in [0.1, 0.15) is 0 Å². The van der Waals surface area contributed by atoms with Crippen molar-refractivity contribution in [2.75, 3.05) is 0 Å². The second-order valence-corrected chi connectivity index (χ2v) is 4.98. The molecule has 94 valence electrons. The molecule has 1 aliphatic carbocycles. The van der Waals surface area contributed by atoms with Crippen molar-refractivity contribution in [3.05, 3.63) is 29.6 Å². The van der Waals surface area contributed by atoms with Gasteiger partial charge in [-0.25, -0.2) is 0 Å². The van der Waals surface area contributed by atoms with Gasteiger partial charge in [-0.05, 0) is 36.3 Å². The molecular formula is C12H15F3N2. The first-order chi connectivity index (χ1) is 7.83. The summed E-state index contributed by atoms with van der Waals surface area (Å²) in [5.74, 6) is 0. The molecule has 1 heterocycles. The number of rotatable bonds is 1. The molecule has 0 aliphatic heterocycles. The van der Waals surface area contributed by atoms with Gasteiger partial charge in [-0.15, -0.1) is 0 Å². The first kappa shape index (κ1) is 12.4. The topological polar surface area (TPSA) is 38.9 Å². The molecule has 0 aromatic carbocycles. The highest BCUT2D eigenvalue weighted by Crippen LogP contribution is 2.44. The molecule has 1 fully saturated rings. The molecule has 1 aromatic rings. The Bertz CT molecular complexity index is 416. The van der Waals surface area contributed by atoms with Crippen LogP contribution in [-0.2, 0) is 11.6 Å². The Morgan fingerprint density at radius 3 is 2.71 bits per heavy atom. The lowest BCUT2D eigenvalue weighted by atomic mass is 9.79. The van der Waals surface area contributed by atoms with Crippen molar-refractivity contribution in [3.63, 3.8) is 0 Å². The second-order valence-electron chi connectivity index (χ2n) is 4.98. The molecule has 1 aliphatic rings. The molecule has 2 rings (SSSR count). The summed E-state index contributed by atoms with van der Waals surface area (Å²) in [4.78, 5) is 3.83. The summed E-state index contributed by atoms with van der Waals surface area (Å²) in [6.45, 7) is 1.84. The fourth-order valence-electron chi connectivity index (χ4n) is 2.65. The van der Waals surface area contributed by atoms with Crippen LogP contribution in [0.3, 0.4) is 0 Å². The zero-order valence-corrected chi connectivity index (χ0v) is 9.59. The van der Waals surface area contributed by atoms with E-state index in [1.807, 2.05) is 6.92 Å². The first-order valence-electron chi connectivity index (χ1n) is 5.60. The Morgan fingerprint density at radius 1 is 1.47 bits per heavy atom. The van der Waals surface area contributed by atoms with E-state index < -0.39 is 17.2 Å². The minimum absolute atomic E-state index is 0.0127. The maximum atomic E-state index is 12.9. The Morgan fingerprint density at radius 2 is 2.18 bits per heavy atom. The van der Waals surface area contributed by atoms with E-state index in [9.17, 15) is 13.2 Å². The molecule has 17 heavy (non-hydrogen) atoms. The van der Waals surface area contributed by atoms with Crippen molar-refractivity contribution >= 4 is 0 Å². The Hall–Kier alpha value is -1.10. The summed E-state index contributed by atoms with van der Waals surface area (Å²) in [5, 5.41) is 0. The van der Waals surface area contributed by atoms with Crippen LogP contribution in [0.25, 0.3) is 0 Å². The lowest BCUT2D eigenvalue weighted by Gasteiger charge is -2.27. The van der Waals surface area contributed by atoms with Crippen LogP contribution < -0.4 is 5.73 Å². The minimum atomic E-state index is -4.33. The van der Waals surface area contributed by atoms with Crippen molar-refractivity contribution in [3.8, 4) is 0 Å². The van der Waals surface area contributed by atoms with Crippen molar-refractivity contribution in [1.29, 1.82) is 0 Å². The van der Waals surface area contributed by atoms with Gasteiger partial charge in [0.05, 0.1) is 5.56 Å².